The number of amides is 1. The molecule has 38 heavy (non-hydrogen) atoms. The molecule has 1 saturated heterocycles. The molecule has 0 bridgehead atoms. The van der Waals surface area contributed by atoms with Gasteiger partial charge in [-0.1, -0.05) is 6.42 Å². The number of piperazine rings is 1. The lowest BCUT2D eigenvalue weighted by molar-refractivity contribution is -0.122. The Labute approximate surface area is 218 Å². The molecule has 0 atom stereocenters. The Bertz CT molecular complexity index is 1640. The highest BCUT2D eigenvalue weighted by Gasteiger charge is 2.25. The number of carbonyl (C=O) groups is 1. The summed E-state index contributed by atoms with van der Waals surface area (Å²) in [4.78, 5) is 38.9. The van der Waals surface area contributed by atoms with Gasteiger partial charge < -0.3 is 20.1 Å². The molecule has 0 spiro atoms. The van der Waals surface area contributed by atoms with Gasteiger partial charge in [0.1, 0.15) is 11.2 Å². The molecule has 7 rings (SSSR count). The number of rotatable bonds is 5. The SMILES string of the molecule is CN1CCN(c2ccnc3[nH]c(-c4n[nH]c5ncc(-c6cncc(NC(=O)C7CCC7)c6)cc45)nc23)CC1. The maximum Gasteiger partial charge on any atom is 0.227 e. The smallest absolute Gasteiger partial charge is 0.227 e. The number of H-pyrrole nitrogens is 2. The molecule has 1 saturated carbocycles. The Hall–Kier alpha value is -4.38. The first-order chi connectivity index (χ1) is 18.6. The topological polar surface area (TPSA) is 132 Å². The Balaban J connectivity index is 1.22. The number of anilines is 2. The van der Waals surface area contributed by atoms with E-state index < -0.39 is 0 Å². The Morgan fingerprint density at radius 3 is 2.68 bits per heavy atom. The number of pyridine rings is 3. The molecular weight excluding hydrogens is 480 g/mol. The number of aromatic amines is 2. The minimum absolute atomic E-state index is 0.0651. The molecule has 3 N–H and O–H groups in total. The first-order valence-corrected chi connectivity index (χ1v) is 13.0. The van der Waals surface area contributed by atoms with Crippen molar-refractivity contribution in [2.24, 2.45) is 5.92 Å². The molecule has 5 aromatic heterocycles. The van der Waals surface area contributed by atoms with Crippen LogP contribution >= 0.6 is 0 Å². The van der Waals surface area contributed by atoms with Crippen molar-refractivity contribution in [2.45, 2.75) is 19.3 Å². The van der Waals surface area contributed by atoms with Crippen LogP contribution in [-0.4, -0.2) is 79.2 Å². The van der Waals surface area contributed by atoms with Crippen LogP contribution in [0.3, 0.4) is 0 Å². The second-order valence-electron chi connectivity index (χ2n) is 10.2. The minimum atomic E-state index is 0.0651. The number of nitrogens with one attached hydrogen (secondary N) is 3. The third kappa shape index (κ3) is 4.04. The number of carbonyl (C=O) groups excluding carboxylic acids is 1. The first-order valence-electron chi connectivity index (χ1n) is 13.0. The average Bonchev–Trinajstić information content (AvgIpc) is 3.52. The van der Waals surface area contributed by atoms with Gasteiger partial charge in [0.2, 0.25) is 5.91 Å². The Kier molecular flexibility index (Phi) is 5.50. The third-order valence-electron chi connectivity index (χ3n) is 7.66. The van der Waals surface area contributed by atoms with Crippen molar-refractivity contribution in [3.05, 3.63) is 43.0 Å². The fourth-order valence-corrected chi connectivity index (χ4v) is 5.13. The Morgan fingerprint density at radius 2 is 1.87 bits per heavy atom. The molecule has 192 valence electrons. The van der Waals surface area contributed by atoms with E-state index in [1.165, 1.54) is 0 Å². The molecular formula is C27H28N10O. The lowest BCUT2D eigenvalue weighted by Crippen LogP contribution is -2.44. The molecule has 1 amide bonds. The van der Waals surface area contributed by atoms with Crippen molar-refractivity contribution in [2.75, 3.05) is 43.4 Å². The van der Waals surface area contributed by atoms with E-state index >= 15 is 0 Å². The van der Waals surface area contributed by atoms with Gasteiger partial charge in [-0.3, -0.25) is 14.9 Å². The highest BCUT2D eigenvalue weighted by atomic mass is 16.1. The van der Waals surface area contributed by atoms with Crippen molar-refractivity contribution >= 4 is 39.5 Å². The van der Waals surface area contributed by atoms with Gasteiger partial charge in [0, 0.05) is 61.8 Å². The first kappa shape index (κ1) is 22.8. The van der Waals surface area contributed by atoms with Crippen molar-refractivity contribution in [3.63, 3.8) is 0 Å². The maximum atomic E-state index is 12.4. The Morgan fingerprint density at radius 1 is 1.03 bits per heavy atom. The van der Waals surface area contributed by atoms with Crippen LogP contribution in [-0.2, 0) is 4.79 Å². The number of likely N-dealkylation sites (N-methyl/N-ethyl adjacent to an activating group) is 1. The van der Waals surface area contributed by atoms with E-state index in [4.69, 9.17) is 4.98 Å². The zero-order valence-corrected chi connectivity index (χ0v) is 21.1. The van der Waals surface area contributed by atoms with Gasteiger partial charge >= 0.3 is 0 Å². The zero-order valence-electron chi connectivity index (χ0n) is 21.1. The summed E-state index contributed by atoms with van der Waals surface area (Å²) in [6.07, 6.45) is 10.1. The quantitative estimate of drug-likeness (QED) is 0.329. The van der Waals surface area contributed by atoms with Gasteiger partial charge in [-0.15, -0.1) is 0 Å². The van der Waals surface area contributed by atoms with Gasteiger partial charge in [0.15, 0.2) is 17.1 Å². The summed E-state index contributed by atoms with van der Waals surface area (Å²) in [7, 11) is 2.15. The number of aromatic nitrogens is 7. The largest absolute Gasteiger partial charge is 0.367 e. The van der Waals surface area contributed by atoms with E-state index in [1.54, 1.807) is 18.6 Å². The van der Waals surface area contributed by atoms with Gasteiger partial charge in [-0.05, 0) is 38.1 Å². The van der Waals surface area contributed by atoms with E-state index in [-0.39, 0.29) is 11.8 Å². The summed E-state index contributed by atoms with van der Waals surface area (Å²) in [5, 5.41) is 11.4. The monoisotopic (exact) mass is 508 g/mol. The van der Waals surface area contributed by atoms with E-state index in [0.717, 1.165) is 78.8 Å². The highest BCUT2D eigenvalue weighted by Crippen LogP contribution is 2.32. The van der Waals surface area contributed by atoms with Gasteiger partial charge in [0.05, 0.1) is 23.0 Å². The second kappa shape index (κ2) is 9.18. The number of fused-ring (bicyclic) bond motifs is 2. The number of hydrogen-bond donors (Lipinski definition) is 3. The molecule has 0 unspecified atom stereocenters. The van der Waals surface area contributed by atoms with Crippen LogP contribution in [0.4, 0.5) is 11.4 Å². The molecule has 1 aliphatic heterocycles. The predicted molar refractivity (Wildman–Crippen MR) is 146 cm³/mol. The minimum Gasteiger partial charge on any atom is -0.367 e. The molecule has 5 aromatic rings. The van der Waals surface area contributed by atoms with Crippen LogP contribution in [0.2, 0.25) is 0 Å². The van der Waals surface area contributed by atoms with Crippen LogP contribution < -0.4 is 10.2 Å². The van der Waals surface area contributed by atoms with Crippen LogP contribution in [0, 0.1) is 5.92 Å². The molecule has 0 radical (unpaired) electrons. The lowest BCUT2D eigenvalue weighted by atomic mass is 9.85. The molecule has 11 heteroatoms. The summed E-state index contributed by atoms with van der Waals surface area (Å²) < 4.78 is 0. The van der Waals surface area contributed by atoms with E-state index in [9.17, 15) is 4.79 Å². The van der Waals surface area contributed by atoms with Crippen molar-refractivity contribution in [3.8, 4) is 22.6 Å². The van der Waals surface area contributed by atoms with Crippen molar-refractivity contribution in [1.29, 1.82) is 0 Å². The maximum absolute atomic E-state index is 12.4. The summed E-state index contributed by atoms with van der Waals surface area (Å²) in [6, 6.07) is 5.99. The van der Waals surface area contributed by atoms with Crippen LogP contribution in [0.15, 0.2) is 43.0 Å². The third-order valence-corrected chi connectivity index (χ3v) is 7.66. The number of imidazole rings is 1. The molecule has 6 heterocycles. The van der Waals surface area contributed by atoms with Gasteiger partial charge in [-0.2, -0.15) is 5.10 Å². The van der Waals surface area contributed by atoms with Crippen molar-refractivity contribution < 1.29 is 4.79 Å². The summed E-state index contributed by atoms with van der Waals surface area (Å²) >= 11 is 0. The average molecular weight is 509 g/mol. The second-order valence-corrected chi connectivity index (χ2v) is 10.2. The normalized spacial score (nSPS) is 16.7. The molecule has 11 nitrogen and oxygen atoms in total. The zero-order chi connectivity index (χ0) is 25.6. The fraction of sp³-hybridized carbons (Fsp3) is 0.333. The van der Waals surface area contributed by atoms with Crippen LogP contribution in [0.5, 0.6) is 0 Å². The summed E-state index contributed by atoms with van der Waals surface area (Å²) in [5.74, 6) is 0.814. The molecule has 2 fully saturated rings. The fourth-order valence-electron chi connectivity index (χ4n) is 5.13. The van der Waals surface area contributed by atoms with E-state index in [2.05, 4.69) is 52.3 Å². The highest BCUT2D eigenvalue weighted by molar-refractivity contribution is 5.96. The standard InChI is InChI=1S/C27H28N10O/c1-36-7-9-37(10-8-36)21-5-6-29-25-23(21)32-26(33-25)22-20-12-18(14-30-24(20)35-34-22)17-11-19(15-28-13-17)31-27(38)16-3-2-4-16/h5-6,11-16H,2-4,7-10H2,1H3,(H,31,38)(H,29,32,33)(H,30,34,35). The van der Waals surface area contributed by atoms with Gasteiger partial charge in [-0.25, -0.2) is 15.0 Å². The summed E-state index contributed by atoms with van der Waals surface area (Å²) in [5.41, 5.74) is 6.42. The predicted octanol–water partition coefficient (Wildman–Crippen LogP) is 3.45. The van der Waals surface area contributed by atoms with E-state index in [1.807, 2.05) is 24.4 Å². The van der Waals surface area contributed by atoms with Crippen LogP contribution in [0.25, 0.3) is 44.8 Å². The number of hydrogen-bond acceptors (Lipinski definition) is 8. The molecule has 0 aromatic carbocycles. The van der Waals surface area contributed by atoms with Gasteiger partial charge in [0.25, 0.3) is 0 Å². The molecule has 1 aliphatic carbocycles. The van der Waals surface area contributed by atoms with Crippen LogP contribution in [0.1, 0.15) is 19.3 Å². The molecule has 2 aliphatic rings. The lowest BCUT2D eigenvalue weighted by Gasteiger charge is -2.33. The van der Waals surface area contributed by atoms with E-state index in [0.29, 0.717) is 22.9 Å². The van der Waals surface area contributed by atoms with Crippen molar-refractivity contribution in [1.82, 2.24) is 40.0 Å². The summed E-state index contributed by atoms with van der Waals surface area (Å²) in [6.45, 7) is 3.93. The number of nitrogens with zero attached hydrogens (tertiary/aromatic N) is 7.